The van der Waals surface area contributed by atoms with E-state index in [0.29, 0.717) is 17.7 Å². The zero-order valence-electron chi connectivity index (χ0n) is 11.6. The smallest absolute Gasteiger partial charge is 0.147 e. The van der Waals surface area contributed by atoms with Crippen molar-refractivity contribution in [2.24, 2.45) is 11.8 Å². The molecule has 0 amide bonds. The molecule has 1 aliphatic heterocycles. The number of nitrogens with zero attached hydrogens (tertiary/aromatic N) is 3. The first kappa shape index (κ1) is 13.0. The van der Waals surface area contributed by atoms with E-state index in [2.05, 4.69) is 14.3 Å². The Labute approximate surface area is 127 Å². The summed E-state index contributed by atoms with van der Waals surface area (Å²) in [6.07, 6.45) is 5.51. The first-order valence-electron chi connectivity index (χ1n) is 7.32. The van der Waals surface area contributed by atoms with E-state index in [1.54, 1.807) is 6.20 Å². The molecule has 2 fully saturated rings. The Kier molecular flexibility index (Phi) is 3.08. The number of nitrogens with two attached hydrogens (primary N) is 1. The van der Waals surface area contributed by atoms with Gasteiger partial charge in [-0.05, 0) is 36.4 Å². The van der Waals surface area contributed by atoms with Gasteiger partial charge in [0.15, 0.2) is 0 Å². The number of hydrogen-bond donors (Lipinski definition) is 2. The molecule has 1 saturated heterocycles. The third-order valence-corrected chi connectivity index (χ3v) is 5.68. The molecule has 3 N–H and O–H groups in total. The first-order chi connectivity index (χ1) is 10.2. The van der Waals surface area contributed by atoms with Gasteiger partial charge in [0.1, 0.15) is 10.8 Å². The highest BCUT2D eigenvalue weighted by molar-refractivity contribution is 7.11. The second kappa shape index (κ2) is 4.96. The molecule has 0 spiro atoms. The second-order valence-corrected chi connectivity index (χ2v) is 6.72. The van der Waals surface area contributed by atoms with Crippen LogP contribution in [0.25, 0.3) is 11.1 Å². The van der Waals surface area contributed by atoms with Gasteiger partial charge in [0.25, 0.3) is 0 Å². The van der Waals surface area contributed by atoms with Crippen molar-refractivity contribution < 1.29 is 5.11 Å². The average molecular weight is 302 g/mol. The largest absolute Gasteiger partial charge is 0.393 e. The highest BCUT2D eigenvalue weighted by atomic mass is 32.1. The Bertz CT molecular complexity index is 644. The van der Waals surface area contributed by atoms with Gasteiger partial charge < -0.3 is 15.7 Å². The summed E-state index contributed by atoms with van der Waals surface area (Å²) in [5, 5.41) is 11.2. The molecule has 2 aliphatic rings. The normalized spacial score (nSPS) is 28.0. The van der Waals surface area contributed by atoms with Gasteiger partial charge in [-0.25, -0.2) is 0 Å². The van der Waals surface area contributed by atoms with E-state index in [4.69, 9.17) is 5.73 Å². The molecule has 2 aromatic rings. The molecule has 1 aliphatic carbocycles. The molecule has 21 heavy (non-hydrogen) atoms. The van der Waals surface area contributed by atoms with E-state index < -0.39 is 0 Å². The van der Waals surface area contributed by atoms with Crippen molar-refractivity contribution in [2.75, 3.05) is 23.7 Å². The first-order valence-corrected chi connectivity index (χ1v) is 8.10. The van der Waals surface area contributed by atoms with Gasteiger partial charge in [0.2, 0.25) is 0 Å². The summed E-state index contributed by atoms with van der Waals surface area (Å²) in [6, 6.07) is 3.93. The number of aliphatic hydroxyl groups is 1. The molecular formula is C15H18N4OS. The number of rotatable bonds is 2. The molecule has 3 atom stereocenters. The van der Waals surface area contributed by atoms with Crippen LogP contribution in [0.1, 0.15) is 12.8 Å². The fraction of sp³-hybridized carbons (Fsp3) is 0.467. The average Bonchev–Trinajstić information content (AvgIpc) is 3.16. The number of fused-ring (bicyclic) bond motifs is 1. The predicted molar refractivity (Wildman–Crippen MR) is 84.2 cm³/mol. The van der Waals surface area contributed by atoms with Crippen LogP contribution in [0.3, 0.4) is 0 Å². The molecule has 3 unspecified atom stereocenters. The van der Waals surface area contributed by atoms with Crippen LogP contribution in [0.2, 0.25) is 0 Å². The fourth-order valence-electron chi connectivity index (χ4n) is 3.69. The molecule has 5 nitrogen and oxygen atoms in total. The van der Waals surface area contributed by atoms with Crippen LogP contribution in [0, 0.1) is 11.8 Å². The third kappa shape index (κ3) is 2.10. The number of pyridine rings is 1. The Balaban J connectivity index is 1.68. The Morgan fingerprint density at radius 3 is 3.00 bits per heavy atom. The Morgan fingerprint density at radius 1 is 1.33 bits per heavy atom. The van der Waals surface area contributed by atoms with Gasteiger partial charge in [-0.1, -0.05) is 6.07 Å². The van der Waals surface area contributed by atoms with E-state index in [0.717, 1.165) is 42.1 Å². The molecule has 4 rings (SSSR count). The van der Waals surface area contributed by atoms with Gasteiger partial charge in [-0.2, -0.15) is 4.37 Å². The van der Waals surface area contributed by atoms with Crippen LogP contribution in [0.5, 0.6) is 0 Å². The van der Waals surface area contributed by atoms with E-state index in [1.165, 1.54) is 11.5 Å². The zero-order valence-corrected chi connectivity index (χ0v) is 12.5. The lowest BCUT2D eigenvalue weighted by Crippen LogP contribution is -2.24. The van der Waals surface area contributed by atoms with E-state index >= 15 is 0 Å². The minimum absolute atomic E-state index is 0.146. The summed E-state index contributed by atoms with van der Waals surface area (Å²) in [6.45, 7) is 1.90. The maximum absolute atomic E-state index is 10.1. The second-order valence-electron chi connectivity index (χ2n) is 5.96. The summed E-state index contributed by atoms with van der Waals surface area (Å²) in [5.41, 5.74) is 8.08. The number of aliphatic hydroxyl groups excluding tert-OH is 1. The van der Waals surface area contributed by atoms with Crippen LogP contribution >= 0.6 is 11.5 Å². The maximum atomic E-state index is 10.1. The van der Waals surface area contributed by atoms with E-state index in [1.807, 2.05) is 18.3 Å². The zero-order chi connectivity index (χ0) is 14.4. The Hall–Kier alpha value is -1.66. The van der Waals surface area contributed by atoms with Crippen molar-refractivity contribution >= 4 is 22.4 Å². The lowest BCUT2D eigenvalue weighted by Gasteiger charge is -2.20. The minimum Gasteiger partial charge on any atom is -0.393 e. The van der Waals surface area contributed by atoms with Crippen molar-refractivity contribution in [2.45, 2.75) is 18.9 Å². The summed E-state index contributed by atoms with van der Waals surface area (Å²) in [7, 11) is 0. The molecule has 0 bridgehead atoms. The summed E-state index contributed by atoms with van der Waals surface area (Å²) in [5.74, 6) is 1.57. The van der Waals surface area contributed by atoms with Crippen LogP contribution < -0.4 is 10.6 Å². The molecular weight excluding hydrogens is 284 g/mol. The van der Waals surface area contributed by atoms with Crippen LogP contribution in [0.4, 0.5) is 10.8 Å². The topological polar surface area (TPSA) is 75.3 Å². The van der Waals surface area contributed by atoms with Crippen molar-refractivity contribution in [1.29, 1.82) is 0 Å². The van der Waals surface area contributed by atoms with Gasteiger partial charge in [-0.3, -0.25) is 4.98 Å². The van der Waals surface area contributed by atoms with Crippen molar-refractivity contribution in [3.05, 3.63) is 24.5 Å². The molecule has 110 valence electrons. The highest BCUT2D eigenvalue weighted by Crippen LogP contribution is 2.45. The van der Waals surface area contributed by atoms with Gasteiger partial charge in [0, 0.05) is 37.0 Å². The summed E-state index contributed by atoms with van der Waals surface area (Å²) in [4.78, 5) is 6.52. The number of aromatic nitrogens is 2. The van der Waals surface area contributed by atoms with Crippen LogP contribution in [-0.4, -0.2) is 33.7 Å². The fourth-order valence-corrected chi connectivity index (χ4v) is 4.55. The molecule has 0 radical (unpaired) electrons. The lowest BCUT2D eigenvalue weighted by atomic mass is 10.00. The Morgan fingerprint density at radius 2 is 2.24 bits per heavy atom. The molecule has 0 aromatic carbocycles. The number of hydrogen-bond acceptors (Lipinski definition) is 6. The maximum Gasteiger partial charge on any atom is 0.147 e. The number of anilines is 2. The monoisotopic (exact) mass is 302 g/mol. The molecule has 3 heterocycles. The molecule has 2 aromatic heterocycles. The van der Waals surface area contributed by atoms with Gasteiger partial charge >= 0.3 is 0 Å². The van der Waals surface area contributed by atoms with Gasteiger partial charge in [-0.15, -0.1) is 0 Å². The standard InChI is InChI=1S/C15H18N4OS/c16-14-13(9-2-1-5-17-6-9)15(21-18-14)19-7-10-3-4-12(20)11(10)8-19/h1-2,5-6,10-12,20H,3-4,7-8H2,(H2,16,18). The SMILES string of the molecule is Nc1nsc(N2CC3CCC(O)C3C2)c1-c1cccnc1. The summed E-state index contributed by atoms with van der Waals surface area (Å²) >= 11 is 1.45. The van der Waals surface area contributed by atoms with Crippen molar-refractivity contribution in [3.8, 4) is 11.1 Å². The van der Waals surface area contributed by atoms with E-state index in [9.17, 15) is 5.11 Å². The van der Waals surface area contributed by atoms with E-state index in [-0.39, 0.29) is 6.10 Å². The number of nitrogen functional groups attached to an aromatic ring is 1. The van der Waals surface area contributed by atoms with Crippen molar-refractivity contribution in [3.63, 3.8) is 0 Å². The lowest BCUT2D eigenvalue weighted by molar-refractivity contribution is 0.134. The van der Waals surface area contributed by atoms with Crippen LogP contribution in [0.15, 0.2) is 24.5 Å². The van der Waals surface area contributed by atoms with Crippen molar-refractivity contribution in [1.82, 2.24) is 9.36 Å². The highest BCUT2D eigenvalue weighted by Gasteiger charge is 2.42. The quantitative estimate of drug-likeness (QED) is 0.887. The molecule has 1 saturated carbocycles. The van der Waals surface area contributed by atoms with Crippen LogP contribution in [-0.2, 0) is 0 Å². The minimum atomic E-state index is -0.146. The molecule has 6 heteroatoms. The predicted octanol–water partition coefficient (Wildman–Crippen LogP) is 1.99. The van der Waals surface area contributed by atoms with Gasteiger partial charge in [0.05, 0.1) is 11.7 Å². The summed E-state index contributed by atoms with van der Waals surface area (Å²) < 4.78 is 4.34. The third-order valence-electron chi connectivity index (χ3n) is 4.76.